The van der Waals surface area contributed by atoms with Crippen LogP contribution < -0.4 is 11.1 Å². The Labute approximate surface area is 104 Å². The maximum Gasteiger partial charge on any atom is 0.337 e. The van der Waals surface area contributed by atoms with E-state index in [4.69, 9.17) is 5.73 Å². The molecule has 18 heavy (non-hydrogen) atoms. The van der Waals surface area contributed by atoms with Crippen molar-refractivity contribution in [3.8, 4) is 0 Å². The van der Waals surface area contributed by atoms with Gasteiger partial charge in [-0.2, -0.15) is 0 Å². The van der Waals surface area contributed by atoms with Crippen molar-refractivity contribution < 1.29 is 4.79 Å². The molecule has 3 aromatic carbocycles. The lowest BCUT2D eigenvalue weighted by Crippen LogP contribution is -2.09. The molecule has 0 fully saturated rings. The summed E-state index contributed by atoms with van der Waals surface area (Å²) in [5.74, 6) is 0. The van der Waals surface area contributed by atoms with Crippen LogP contribution in [0.25, 0.3) is 21.5 Å². The molecule has 0 unspecified atom stereocenters. The Bertz CT molecular complexity index is 750. The molecule has 0 aliphatic heterocycles. The monoisotopic (exact) mass is 235 g/mol. The van der Waals surface area contributed by atoms with Crippen LogP contribution in [0.5, 0.6) is 0 Å². The third kappa shape index (κ3) is 1.66. The van der Waals surface area contributed by atoms with Crippen molar-refractivity contribution in [2.24, 2.45) is 0 Å². The number of anilines is 1. The van der Waals surface area contributed by atoms with Gasteiger partial charge in [-0.3, -0.25) is 0 Å². The first kappa shape index (κ1) is 10.6. The molecule has 0 aliphatic carbocycles. The van der Waals surface area contributed by atoms with Gasteiger partial charge in [0.15, 0.2) is 0 Å². The standard InChI is InChI=1S/C15H11N2O/c16-15(18)17-14-7-3-6-12-11-5-2-1-4-10(11)8-9-13(12)14/h1-9,16H,(H,17,18). The van der Waals surface area contributed by atoms with Crippen LogP contribution in [0.3, 0.4) is 0 Å². The largest absolute Gasteiger partial charge is 0.337 e. The van der Waals surface area contributed by atoms with Gasteiger partial charge in [0.05, 0.1) is 5.69 Å². The number of hydrogen-bond acceptors (Lipinski definition) is 1. The van der Waals surface area contributed by atoms with E-state index in [9.17, 15) is 4.79 Å². The van der Waals surface area contributed by atoms with Crippen LogP contribution in [0.2, 0.25) is 0 Å². The summed E-state index contributed by atoms with van der Waals surface area (Å²) in [6, 6.07) is 17.0. The third-order valence-electron chi connectivity index (χ3n) is 3.03. The van der Waals surface area contributed by atoms with Gasteiger partial charge in [-0.1, -0.05) is 48.5 Å². The van der Waals surface area contributed by atoms with Crippen molar-refractivity contribution >= 4 is 33.3 Å². The molecule has 0 aliphatic rings. The molecule has 0 aromatic heterocycles. The lowest BCUT2D eigenvalue weighted by Gasteiger charge is -2.08. The molecule has 87 valence electrons. The zero-order chi connectivity index (χ0) is 12.5. The van der Waals surface area contributed by atoms with E-state index in [-0.39, 0.29) is 0 Å². The van der Waals surface area contributed by atoms with Gasteiger partial charge < -0.3 is 5.32 Å². The maximum absolute atomic E-state index is 10.9. The second-order valence-corrected chi connectivity index (χ2v) is 4.14. The number of rotatable bonds is 1. The highest BCUT2D eigenvalue weighted by atomic mass is 16.2. The van der Waals surface area contributed by atoms with Crippen molar-refractivity contribution in [2.45, 2.75) is 0 Å². The summed E-state index contributed by atoms with van der Waals surface area (Å²) in [6.45, 7) is 0. The number of benzene rings is 3. The van der Waals surface area contributed by atoms with Gasteiger partial charge in [0.2, 0.25) is 0 Å². The number of hydrogen-bond donors (Lipinski definition) is 1. The molecule has 3 aromatic rings. The third-order valence-corrected chi connectivity index (χ3v) is 3.03. The zero-order valence-corrected chi connectivity index (χ0v) is 9.60. The first-order valence-corrected chi connectivity index (χ1v) is 5.69. The fraction of sp³-hybridized carbons (Fsp3) is 0. The van der Waals surface area contributed by atoms with Gasteiger partial charge in [-0.05, 0) is 22.2 Å². The molecular formula is C15H11N2O. The van der Waals surface area contributed by atoms with Crippen LogP contribution in [0.15, 0.2) is 54.6 Å². The highest BCUT2D eigenvalue weighted by molar-refractivity contribution is 6.12. The second-order valence-electron chi connectivity index (χ2n) is 4.14. The highest BCUT2D eigenvalue weighted by Gasteiger charge is 2.05. The van der Waals surface area contributed by atoms with Crippen LogP contribution in [0.4, 0.5) is 10.5 Å². The van der Waals surface area contributed by atoms with Gasteiger partial charge in [-0.15, -0.1) is 0 Å². The zero-order valence-electron chi connectivity index (χ0n) is 9.60. The SMILES string of the molecule is [NH]C(=O)Nc1cccc2c1ccc1ccccc12. The molecule has 1 radical (unpaired) electrons. The van der Waals surface area contributed by atoms with Crippen molar-refractivity contribution in [2.75, 3.05) is 5.32 Å². The van der Waals surface area contributed by atoms with Gasteiger partial charge in [0.25, 0.3) is 0 Å². The van der Waals surface area contributed by atoms with E-state index < -0.39 is 6.03 Å². The molecule has 0 spiro atoms. The summed E-state index contributed by atoms with van der Waals surface area (Å²) >= 11 is 0. The van der Waals surface area contributed by atoms with Gasteiger partial charge >= 0.3 is 6.03 Å². The van der Waals surface area contributed by atoms with Gasteiger partial charge in [0.1, 0.15) is 0 Å². The van der Waals surface area contributed by atoms with Crippen LogP contribution >= 0.6 is 0 Å². The summed E-state index contributed by atoms with van der Waals surface area (Å²) in [5.41, 5.74) is 7.68. The molecular weight excluding hydrogens is 224 g/mol. The molecule has 0 saturated carbocycles. The molecule has 0 saturated heterocycles. The van der Waals surface area contributed by atoms with E-state index in [0.29, 0.717) is 5.69 Å². The molecule has 2 N–H and O–H groups in total. The van der Waals surface area contributed by atoms with Crippen molar-refractivity contribution in [1.29, 1.82) is 0 Å². The molecule has 0 bridgehead atoms. The summed E-state index contributed by atoms with van der Waals surface area (Å²) in [5, 5.41) is 6.89. The van der Waals surface area contributed by atoms with Gasteiger partial charge in [-0.25, -0.2) is 10.5 Å². The van der Waals surface area contributed by atoms with Gasteiger partial charge in [0, 0.05) is 5.39 Å². The Morgan fingerprint density at radius 1 is 0.833 bits per heavy atom. The normalized spacial score (nSPS) is 10.7. The Kier molecular flexibility index (Phi) is 2.38. The van der Waals surface area contributed by atoms with Crippen molar-refractivity contribution in [1.82, 2.24) is 5.73 Å². The Hall–Kier alpha value is -2.55. The Balaban J connectivity index is 2.36. The average Bonchev–Trinajstić information content (AvgIpc) is 2.38. The average molecular weight is 235 g/mol. The van der Waals surface area contributed by atoms with Crippen molar-refractivity contribution in [3.05, 3.63) is 54.6 Å². The van der Waals surface area contributed by atoms with E-state index in [0.717, 1.165) is 16.2 Å². The van der Waals surface area contributed by atoms with E-state index in [1.54, 1.807) is 0 Å². The lowest BCUT2D eigenvalue weighted by molar-refractivity contribution is 0.258. The van der Waals surface area contributed by atoms with Crippen LogP contribution in [-0.2, 0) is 0 Å². The lowest BCUT2D eigenvalue weighted by atomic mass is 10.0. The summed E-state index contributed by atoms with van der Waals surface area (Å²) in [7, 11) is 0. The van der Waals surface area contributed by atoms with E-state index >= 15 is 0 Å². The Morgan fingerprint density at radius 3 is 2.44 bits per heavy atom. The summed E-state index contributed by atoms with van der Waals surface area (Å²) < 4.78 is 0. The van der Waals surface area contributed by atoms with Crippen LogP contribution in [-0.4, -0.2) is 6.03 Å². The minimum atomic E-state index is -0.796. The van der Waals surface area contributed by atoms with Crippen LogP contribution in [0.1, 0.15) is 0 Å². The van der Waals surface area contributed by atoms with E-state index in [2.05, 4.69) is 17.4 Å². The molecule has 0 heterocycles. The molecule has 3 nitrogen and oxygen atoms in total. The fourth-order valence-electron chi connectivity index (χ4n) is 2.27. The highest BCUT2D eigenvalue weighted by Crippen LogP contribution is 2.30. The number of urea groups is 1. The predicted octanol–water partition coefficient (Wildman–Crippen LogP) is 3.81. The summed E-state index contributed by atoms with van der Waals surface area (Å²) in [4.78, 5) is 10.9. The summed E-state index contributed by atoms with van der Waals surface area (Å²) in [6.07, 6.45) is 0. The first-order valence-electron chi connectivity index (χ1n) is 5.69. The number of nitrogens with one attached hydrogen (secondary N) is 2. The topological polar surface area (TPSA) is 52.9 Å². The molecule has 0 atom stereocenters. The first-order chi connectivity index (χ1) is 8.75. The van der Waals surface area contributed by atoms with Crippen LogP contribution in [0, 0.1) is 0 Å². The minimum Gasteiger partial charge on any atom is -0.306 e. The molecule has 3 rings (SSSR count). The Morgan fingerprint density at radius 2 is 1.61 bits per heavy atom. The number of carbonyl (C=O) groups is 1. The predicted molar refractivity (Wildman–Crippen MR) is 73.6 cm³/mol. The number of carbonyl (C=O) groups excluding carboxylic acids is 1. The van der Waals surface area contributed by atoms with E-state index in [1.165, 1.54) is 5.39 Å². The smallest absolute Gasteiger partial charge is 0.306 e. The fourth-order valence-corrected chi connectivity index (χ4v) is 2.27. The maximum atomic E-state index is 10.9. The number of amides is 2. The quantitative estimate of drug-likeness (QED) is 0.640. The molecule has 2 amide bonds. The number of fused-ring (bicyclic) bond motifs is 3. The van der Waals surface area contributed by atoms with Crippen molar-refractivity contribution in [3.63, 3.8) is 0 Å². The molecule has 3 heteroatoms. The minimum absolute atomic E-state index is 0.679. The second kappa shape index (κ2) is 4.04. The van der Waals surface area contributed by atoms with E-state index in [1.807, 2.05) is 42.5 Å².